The lowest BCUT2D eigenvalue weighted by molar-refractivity contribution is 0.0953. The molecule has 2 rings (SSSR count). The molecule has 0 aliphatic rings. The average molecular weight is 256 g/mol. The van der Waals surface area contributed by atoms with Crippen LogP contribution in [0.3, 0.4) is 0 Å². The first-order valence-corrected chi connectivity index (χ1v) is 6.03. The second-order valence-corrected chi connectivity index (χ2v) is 4.40. The number of aryl methyl sites for hydroxylation is 2. The van der Waals surface area contributed by atoms with Crippen molar-refractivity contribution >= 4 is 11.6 Å². The molecule has 1 aromatic heterocycles. The van der Waals surface area contributed by atoms with Crippen molar-refractivity contribution in [3.05, 3.63) is 59.0 Å². The first-order chi connectivity index (χ1) is 9.08. The third kappa shape index (κ3) is 3.10. The van der Waals surface area contributed by atoms with Gasteiger partial charge in [-0.25, -0.2) is 5.43 Å². The maximum atomic E-state index is 11.9. The monoisotopic (exact) mass is 256 g/mol. The van der Waals surface area contributed by atoms with Crippen LogP contribution in [0.4, 0.5) is 0 Å². The summed E-state index contributed by atoms with van der Waals surface area (Å²) in [6.07, 6.45) is 1.49. The zero-order valence-electron chi connectivity index (χ0n) is 11.2. The number of nitrogens with zero attached hydrogens (tertiary/aromatic N) is 1. The molecule has 0 atom stereocenters. The van der Waals surface area contributed by atoms with Crippen LogP contribution in [0.1, 0.15) is 34.2 Å². The summed E-state index contributed by atoms with van der Waals surface area (Å²) in [4.78, 5) is 11.9. The molecule has 0 aliphatic heterocycles. The van der Waals surface area contributed by atoms with E-state index in [1.54, 1.807) is 13.0 Å². The van der Waals surface area contributed by atoms with Crippen LogP contribution in [0.5, 0.6) is 0 Å². The first kappa shape index (κ1) is 13.1. The Labute approximate surface area is 112 Å². The van der Waals surface area contributed by atoms with E-state index in [1.807, 2.05) is 38.1 Å². The van der Waals surface area contributed by atoms with Gasteiger partial charge in [-0.1, -0.05) is 29.8 Å². The van der Waals surface area contributed by atoms with E-state index in [2.05, 4.69) is 10.5 Å². The number of carbonyl (C=O) groups is 1. The predicted octanol–water partition coefficient (Wildman–Crippen LogP) is 3.05. The SMILES string of the molecule is CC(=NNC(=O)c1ccoc1C)c1cccc(C)c1. The van der Waals surface area contributed by atoms with E-state index in [0.717, 1.165) is 16.8 Å². The summed E-state index contributed by atoms with van der Waals surface area (Å²) in [6.45, 7) is 5.62. The maximum absolute atomic E-state index is 11.9. The lowest BCUT2D eigenvalue weighted by Crippen LogP contribution is -2.19. The minimum absolute atomic E-state index is 0.266. The number of amides is 1. The number of hydrogen-bond donors (Lipinski definition) is 1. The highest BCUT2D eigenvalue weighted by Gasteiger charge is 2.10. The number of furan rings is 1. The van der Waals surface area contributed by atoms with Crippen LogP contribution in [0.2, 0.25) is 0 Å². The van der Waals surface area contributed by atoms with Crippen molar-refractivity contribution in [1.82, 2.24) is 5.43 Å². The van der Waals surface area contributed by atoms with Crippen molar-refractivity contribution < 1.29 is 9.21 Å². The summed E-state index contributed by atoms with van der Waals surface area (Å²) >= 11 is 0. The largest absolute Gasteiger partial charge is 0.469 e. The average Bonchev–Trinajstić information content (AvgIpc) is 2.82. The van der Waals surface area contributed by atoms with Crippen molar-refractivity contribution in [1.29, 1.82) is 0 Å². The highest BCUT2D eigenvalue weighted by molar-refractivity contribution is 6.01. The highest BCUT2D eigenvalue weighted by atomic mass is 16.3. The van der Waals surface area contributed by atoms with Gasteiger partial charge in [-0.15, -0.1) is 0 Å². The van der Waals surface area contributed by atoms with Crippen molar-refractivity contribution in [3.63, 3.8) is 0 Å². The Balaban J connectivity index is 2.11. The van der Waals surface area contributed by atoms with Gasteiger partial charge in [-0.05, 0) is 32.4 Å². The molecule has 0 unspecified atom stereocenters. The summed E-state index contributed by atoms with van der Waals surface area (Å²) in [6, 6.07) is 9.59. The van der Waals surface area contributed by atoms with Crippen LogP contribution in [-0.2, 0) is 0 Å². The second-order valence-electron chi connectivity index (χ2n) is 4.40. The van der Waals surface area contributed by atoms with Gasteiger partial charge in [-0.3, -0.25) is 4.79 Å². The topological polar surface area (TPSA) is 54.6 Å². The van der Waals surface area contributed by atoms with E-state index < -0.39 is 0 Å². The van der Waals surface area contributed by atoms with Gasteiger partial charge in [0.2, 0.25) is 0 Å². The summed E-state index contributed by atoms with van der Waals surface area (Å²) in [7, 11) is 0. The molecule has 19 heavy (non-hydrogen) atoms. The van der Waals surface area contributed by atoms with Gasteiger partial charge in [0.1, 0.15) is 5.76 Å². The number of carbonyl (C=O) groups excluding carboxylic acids is 1. The summed E-state index contributed by atoms with van der Waals surface area (Å²) in [5.74, 6) is 0.319. The minimum atomic E-state index is -0.266. The lowest BCUT2D eigenvalue weighted by Gasteiger charge is -2.03. The van der Waals surface area contributed by atoms with E-state index in [-0.39, 0.29) is 5.91 Å². The highest BCUT2D eigenvalue weighted by Crippen LogP contribution is 2.09. The van der Waals surface area contributed by atoms with Crippen LogP contribution >= 0.6 is 0 Å². The Morgan fingerprint density at radius 2 is 2.05 bits per heavy atom. The Morgan fingerprint density at radius 1 is 1.26 bits per heavy atom. The molecule has 0 radical (unpaired) electrons. The molecule has 98 valence electrons. The molecule has 4 heteroatoms. The van der Waals surface area contributed by atoms with Crippen LogP contribution in [-0.4, -0.2) is 11.6 Å². The zero-order chi connectivity index (χ0) is 13.8. The number of benzene rings is 1. The van der Waals surface area contributed by atoms with Gasteiger partial charge in [0.05, 0.1) is 17.5 Å². The molecule has 2 aromatic rings. The van der Waals surface area contributed by atoms with Crippen LogP contribution in [0.25, 0.3) is 0 Å². The van der Waals surface area contributed by atoms with E-state index in [9.17, 15) is 4.79 Å². The number of hydrazone groups is 1. The summed E-state index contributed by atoms with van der Waals surface area (Å²) in [5.41, 5.74) is 5.94. The molecule has 0 fully saturated rings. The molecule has 0 aliphatic carbocycles. The molecule has 4 nitrogen and oxygen atoms in total. The van der Waals surface area contributed by atoms with Gasteiger partial charge in [-0.2, -0.15) is 5.10 Å². The van der Waals surface area contributed by atoms with Crippen molar-refractivity contribution in [2.75, 3.05) is 0 Å². The standard InChI is InChI=1S/C15H16N2O2/c1-10-5-4-6-13(9-10)11(2)16-17-15(18)14-7-8-19-12(14)3/h4-9H,1-3H3,(H,17,18). The predicted molar refractivity (Wildman–Crippen MR) is 74.3 cm³/mol. The molecular formula is C15H16N2O2. The molecule has 1 amide bonds. The van der Waals surface area contributed by atoms with Gasteiger partial charge >= 0.3 is 0 Å². The van der Waals surface area contributed by atoms with Crippen LogP contribution < -0.4 is 5.43 Å². The quantitative estimate of drug-likeness (QED) is 0.677. The molecular weight excluding hydrogens is 240 g/mol. The maximum Gasteiger partial charge on any atom is 0.274 e. The molecule has 1 heterocycles. The molecule has 0 bridgehead atoms. The summed E-state index contributed by atoms with van der Waals surface area (Å²) in [5, 5.41) is 4.11. The molecule has 0 saturated heterocycles. The summed E-state index contributed by atoms with van der Waals surface area (Å²) < 4.78 is 5.08. The van der Waals surface area contributed by atoms with Crippen molar-refractivity contribution in [2.24, 2.45) is 5.10 Å². The Hall–Kier alpha value is -2.36. The zero-order valence-corrected chi connectivity index (χ0v) is 11.2. The smallest absolute Gasteiger partial charge is 0.274 e. The van der Waals surface area contributed by atoms with Crippen LogP contribution in [0, 0.1) is 13.8 Å². The Bertz CT molecular complexity index is 627. The van der Waals surface area contributed by atoms with E-state index in [4.69, 9.17) is 4.42 Å². The Morgan fingerprint density at radius 3 is 2.68 bits per heavy atom. The first-order valence-electron chi connectivity index (χ1n) is 6.03. The number of rotatable bonds is 3. The van der Waals surface area contributed by atoms with Gasteiger partial charge < -0.3 is 4.42 Å². The van der Waals surface area contributed by atoms with Gasteiger partial charge in [0, 0.05) is 0 Å². The fraction of sp³-hybridized carbons (Fsp3) is 0.200. The fourth-order valence-corrected chi connectivity index (χ4v) is 1.75. The molecule has 0 saturated carbocycles. The van der Waals surface area contributed by atoms with E-state index in [1.165, 1.54) is 6.26 Å². The Kier molecular flexibility index (Phi) is 3.80. The third-order valence-corrected chi connectivity index (χ3v) is 2.86. The van der Waals surface area contributed by atoms with Gasteiger partial charge in [0.15, 0.2) is 0 Å². The number of hydrogen-bond acceptors (Lipinski definition) is 3. The van der Waals surface area contributed by atoms with Crippen molar-refractivity contribution in [2.45, 2.75) is 20.8 Å². The molecule has 1 aromatic carbocycles. The van der Waals surface area contributed by atoms with Crippen LogP contribution in [0.15, 0.2) is 46.1 Å². The molecule has 1 N–H and O–H groups in total. The van der Waals surface area contributed by atoms with E-state index >= 15 is 0 Å². The lowest BCUT2D eigenvalue weighted by atomic mass is 10.1. The number of nitrogens with one attached hydrogen (secondary N) is 1. The molecule has 0 spiro atoms. The minimum Gasteiger partial charge on any atom is -0.469 e. The normalized spacial score (nSPS) is 11.4. The van der Waals surface area contributed by atoms with E-state index in [0.29, 0.717) is 11.3 Å². The third-order valence-electron chi connectivity index (χ3n) is 2.86. The van der Waals surface area contributed by atoms with Gasteiger partial charge in [0.25, 0.3) is 5.91 Å². The van der Waals surface area contributed by atoms with Crippen molar-refractivity contribution in [3.8, 4) is 0 Å². The second kappa shape index (κ2) is 5.52. The fourth-order valence-electron chi connectivity index (χ4n) is 1.75.